The molecule has 2 N–H and O–H groups in total. The Morgan fingerprint density at radius 1 is 1.09 bits per heavy atom. The number of ether oxygens (including phenoxy) is 2. The zero-order valence-corrected chi connectivity index (χ0v) is 18.3. The van der Waals surface area contributed by atoms with Crippen molar-refractivity contribution < 1.29 is 27.8 Å². The summed E-state index contributed by atoms with van der Waals surface area (Å²) in [5.41, 5.74) is 3.11. The number of methoxy groups -OCH3 is 1. The molecule has 4 rings (SSSR count). The molecule has 6 nitrogen and oxygen atoms in total. The summed E-state index contributed by atoms with van der Waals surface area (Å²) < 4.78 is 49.2. The molecule has 0 bridgehead atoms. The molecule has 0 radical (unpaired) electrons. The maximum absolute atomic E-state index is 12.8. The molecule has 0 unspecified atom stereocenters. The summed E-state index contributed by atoms with van der Waals surface area (Å²) in [7, 11) is 1.61. The lowest BCUT2D eigenvalue weighted by Gasteiger charge is -2.24. The smallest absolute Gasteiger partial charge is 0.422 e. The number of aromatic nitrogens is 1. The molecule has 0 fully saturated rings. The normalized spacial score (nSPS) is 13.3. The summed E-state index contributed by atoms with van der Waals surface area (Å²) in [6.07, 6.45) is -2.34. The molecule has 2 heterocycles. The van der Waals surface area contributed by atoms with Crippen molar-refractivity contribution in [2.24, 2.45) is 0 Å². The van der Waals surface area contributed by atoms with E-state index in [4.69, 9.17) is 19.6 Å². The average Bonchev–Trinajstić information content (AvgIpc) is 3.25. The molecule has 2 aromatic carbocycles. The van der Waals surface area contributed by atoms with Crippen LogP contribution in [-0.4, -0.2) is 49.7 Å². The van der Waals surface area contributed by atoms with E-state index in [1.807, 2.05) is 30.3 Å². The van der Waals surface area contributed by atoms with Crippen LogP contribution in [0.15, 0.2) is 42.5 Å². The largest absolute Gasteiger partial charge is 0.495 e. The number of para-hydroxylation sites is 3. The highest BCUT2D eigenvalue weighted by atomic mass is 19.4. The van der Waals surface area contributed by atoms with Crippen LogP contribution < -0.4 is 19.7 Å². The first-order chi connectivity index (χ1) is 15.9. The highest BCUT2D eigenvalue weighted by Gasteiger charge is 2.31. The lowest BCUT2D eigenvalue weighted by Crippen LogP contribution is -2.19. The second-order valence-electron chi connectivity index (χ2n) is 7.77. The number of aliphatic hydroxyl groups is 1. The molecule has 1 aliphatic rings. The Labute approximate surface area is 189 Å². The second kappa shape index (κ2) is 9.74. The van der Waals surface area contributed by atoms with Gasteiger partial charge < -0.3 is 24.8 Å². The number of pyridine rings is 1. The number of rotatable bonds is 9. The number of unbranched alkanes of at least 4 members (excludes halogenated alkanes) is 1. The van der Waals surface area contributed by atoms with Crippen LogP contribution in [0, 0.1) is 0 Å². The van der Waals surface area contributed by atoms with E-state index in [-0.39, 0.29) is 12.4 Å². The Balaban J connectivity index is 1.83. The van der Waals surface area contributed by atoms with E-state index < -0.39 is 12.8 Å². The fourth-order valence-corrected chi connectivity index (χ4v) is 4.12. The molecule has 9 heteroatoms. The number of anilines is 3. The van der Waals surface area contributed by atoms with E-state index in [1.54, 1.807) is 13.2 Å². The quantitative estimate of drug-likeness (QED) is 0.434. The van der Waals surface area contributed by atoms with Crippen molar-refractivity contribution in [2.75, 3.05) is 43.6 Å². The fourth-order valence-electron chi connectivity index (χ4n) is 4.12. The average molecular weight is 461 g/mol. The predicted octanol–water partition coefficient (Wildman–Crippen LogP) is 5.06. The first-order valence-electron chi connectivity index (χ1n) is 10.8. The van der Waals surface area contributed by atoms with Crippen LogP contribution in [-0.2, 0) is 6.42 Å². The van der Waals surface area contributed by atoms with Gasteiger partial charge in [-0.1, -0.05) is 24.3 Å². The Morgan fingerprint density at radius 2 is 1.88 bits per heavy atom. The Bertz CT molecular complexity index is 1120. The van der Waals surface area contributed by atoms with Crippen molar-refractivity contribution in [3.63, 3.8) is 0 Å². The van der Waals surface area contributed by atoms with Crippen LogP contribution in [0.25, 0.3) is 10.9 Å². The molecule has 176 valence electrons. The molecule has 0 aliphatic carbocycles. The number of halogens is 3. The van der Waals surface area contributed by atoms with Crippen molar-refractivity contribution >= 4 is 28.1 Å². The Kier molecular flexibility index (Phi) is 6.78. The minimum atomic E-state index is -4.45. The van der Waals surface area contributed by atoms with Crippen molar-refractivity contribution in [3.05, 3.63) is 48.0 Å². The number of fused-ring (bicyclic) bond motifs is 3. The van der Waals surface area contributed by atoms with Crippen LogP contribution in [0.5, 0.6) is 11.5 Å². The maximum Gasteiger partial charge on any atom is 0.422 e. The van der Waals surface area contributed by atoms with Crippen molar-refractivity contribution in [1.82, 2.24) is 4.98 Å². The summed E-state index contributed by atoms with van der Waals surface area (Å²) in [6.45, 7) is -0.0243. The minimum absolute atomic E-state index is 0.0814. The number of alkyl halides is 3. The molecule has 0 saturated carbocycles. The molecule has 33 heavy (non-hydrogen) atoms. The van der Waals surface area contributed by atoms with Gasteiger partial charge in [-0.05, 0) is 37.5 Å². The van der Waals surface area contributed by atoms with Crippen LogP contribution in [0.3, 0.4) is 0 Å². The third kappa shape index (κ3) is 4.93. The van der Waals surface area contributed by atoms with E-state index in [0.29, 0.717) is 48.4 Å². The van der Waals surface area contributed by atoms with Gasteiger partial charge in [-0.3, -0.25) is 0 Å². The van der Waals surface area contributed by atoms with Gasteiger partial charge in [0.1, 0.15) is 22.8 Å². The molecule has 3 aromatic rings. The number of aliphatic hydroxyl groups excluding tert-OH is 1. The zero-order valence-electron chi connectivity index (χ0n) is 18.3. The number of nitrogens with one attached hydrogen (secondary N) is 1. The van der Waals surface area contributed by atoms with Gasteiger partial charge in [0.05, 0.1) is 18.5 Å². The summed E-state index contributed by atoms with van der Waals surface area (Å²) in [4.78, 5) is 6.81. The first-order valence-corrected chi connectivity index (χ1v) is 10.8. The van der Waals surface area contributed by atoms with Crippen LogP contribution in [0.1, 0.15) is 18.4 Å². The number of nitrogens with zero attached hydrogens (tertiary/aromatic N) is 2. The summed E-state index contributed by atoms with van der Waals surface area (Å²) in [6, 6.07) is 12.7. The third-order valence-corrected chi connectivity index (χ3v) is 5.55. The Morgan fingerprint density at radius 3 is 2.64 bits per heavy atom. The standard InChI is InChI=1S/C24H26F3N3O3/c1-32-19-9-3-2-8-18(19)30-13-11-17-22(30)16-7-6-10-20(33-15-24(25,26)27)21(16)29-23(17)28-12-4-5-14-31/h2-3,6-10,31H,4-5,11-15H2,1H3,(H,28,29). The van der Waals surface area contributed by atoms with Crippen molar-refractivity contribution in [2.45, 2.75) is 25.4 Å². The van der Waals surface area contributed by atoms with Gasteiger partial charge in [-0.15, -0.1) is 0 Å². The van der Waals surface area contributed by atoms with Gasteiger partial charge in [-0.2, -0.15) is 13.2 Å². The molecule has 0 amide bonds. The van der Waals surface area contributed by atoms with Gasteiger partial charge in [-0.25, -0.2) is 4.98 Å². The second-order valence-corrected chi connectivity index (χ2v) is 7.77. The molecule has 0 saturated heterocycles. The van der Waals surface area contributed by atoms with Gasteiger partial charge in [0.15, 0.2) is 6.61 Å². The van der Waals surface area contributed by atoms with Crippen molar-refractivity contribution in [3.8, 4) is 11.5 Å². The molecular weight excluding hydrogens is 435 g/mol. The van der Waals surface area contributed by atoms with Gasteiger partial charge >= 0.3 is 6.18 Å². The monoisotopic (exact) mass is 461 g/mol. The van der Waals surface area contributed by atoms with Gasteiger partial charge in [0.2, 0.25) is 0 Å². The molecular formula is C24H26F3N3O3. The number of benzene rings is 2. The molecule has 0 spiro atoms. The van der Waals surface area contributed by atoms with Crippen LogP contribution in [0.2, 0.25) is 0 Å². The van der Waals surface area contributed by atoms with E-state index >= 15 is 0 Å². The summed E-state index contributed by atoms with van der Waals surface area (Å²) in [5.74, 6) is 1.41. The highest BCUT2D eigenvalue weighted by molar-refractivity contribution is 6.02. The highest BCUT2D eigenvalue weighted by Crippen LogP contribution is 2.46. The number of hydrogen-bond donors (Lipinski definition) is 2. The lowest BCUT2D eigenvalue weighted by atomic mass is 10.1. The first kappa shape index (κ1) is 23.0. The zero-order chi connectivity index (χ0) is 23.4. The van der Waals surface area contributed by atoms with Gasteiger partial charge in [0.25, 0.3) is 0 Å². The van der Waals surface area contributed by atoms with E-state index in [2.05, 4.69) is 10.2 Å². The van der Waals surface area contributed by atoms with Crippen LogP contribution in [0.4, 0.5) is 30.4 Å². The third-order valence-electron chi connectivity index (χ3n) is 5.55. The van der Waals surface area contributed by atoms with E-state index in [0.717, 1.165) is 23.4 Å². The molecule has 1 aliphatic heterocycles. The summed E-state index contributed by atoms with van der Waals surface area (Å²) in [5, 5.41) is 13.1. The Hall–Kier alpha value is -3.20. The van der Waals surface area contributed by atoms with Crippen molar-refractivity contribution in [1.29, 1.82) is 0 Å². The van der Waals surface area contributed by atoms with Gasteiger partial charge in [0, 0.05) is 30.6 Å². The molecule has 1 aromatic heterocycles. The SMILES string of the molecule is COc1ccccc1N1CCc2c(NCCCCO)nc3c(OCC(F)(F)F)cccc3c21. The predicted molar refractivity (Wildman–Crippen MR) is 122 cm³/mol. The van der Waals surface area contributed by atoms with Crippen LogP contribution >= 0.6 is 0 Å². The molecule has 0 atom stereocenters. The fraction of sp³-hybridized carbons (Fsp3) is 0.375. The van der Waals surface area contributed by atoms with E-state index in [9.17, 15) is 13.2 Å². The minimum Gasteiger partial charge on any atom is -0.495 e. The lowest BCUT2D eigenvalue weighted by molar-refractivity contribution is -0.153. The topological polar surface area (TPSA) is 66.9 Å². The van der Waals surface area contributed by atoms with E-state index in [1.165, 1.54) is 6.07 Å². The summed E-state index contributed by atoms with van der Waals surface area (Å²) >= 11 is 0. The maximum atomic E-state index is 12.8. The number of hydrogen-bond acceptors (Lipinski definition) is 6.